The fraction of sp³-hybridized carbons (Fsp3) is 0.971. The van der Waals surface area contributed by atoms with Crippen LogP contribution in [-0.4, -0.2) is 164 Å². The fourth-order valence-corrected chi connectivity index (χ4v) is 3.90. The van der Waals surface area contributed by atoms with Gasteiger partial charge in [0.15, 0.2) is 0 Å². The number of ether oxygens (including phenoxy) is 12. The maximum absolute atomic E-state index is 11.7. The minimum Gasteiger partial charge on any atom is -0.463 e. The minimum atomic E-state index is -0.141. The molecule has 0 spiro atoms. The van der Waals surface area contributed by atoms with Gasteiger partial charge in [0.25, 0.3) is 0 Å². The van der Waals surface area contributed by atoms with Crippen molar-refractivity contribution < 1.29 is 61.6 Å². The second-order valence-corrected chi connectivity index (χ2v) is 10.6. The van der Waals surface area contributed by atoms with E-state index >= 15 is 0 Å². The summed E-state index contributed by atoms with van der Waals surface area (Å²) in [6.45, 7) is 14.1. The molecule has 0 aromatic carbocycles. The van der Waals surface area contributed by atoms with Gasteiger partial charge in [0.05, 0.1) is 145 Å². The molecular formula is C34H69NO13. The van der Waals surface area contributed by atoms with Crippen molar-refractivity contribution in [3.8, 4) is 0 Å². The van der Waals surface area contributed by atoms with Crippen LogP contribution in [0.25, 0.3) is 0 Å². The van der Waals surface area contributed by atoms with Crippen LogP contribution in [0.4, 0.5) is 0 Å². The van der Waals surface area contributed by atoms with E-state index in [1.165, 1.54) is 32.1 Å². The Kier molecular flexibility index (Phi) is 43.1. The maximum Gasteiger partial charge on any atom is 0.305 e. The average Bonchev–Trinajstić information content (AvgIpc) is 3.09. The molecule has 0 aliphatic rings. The van der Waals surface area contributed by atoms with Crippen LogP contribution >= 0.6 is 0 Å². The smallest absolute Gasteiger partial charge is 0.305 e. The summed E-state index contributed by atoms with van der Waals surface area (Å²) in [4.78, 5) is 11.7. The van der Waals surface area contributed by atoms with Crippen LogP contribution in [0, 0.1) is 0 Å². The molecule has 288 valence electrons. The highest BCUT2D eigenvalue weighted by Gasteiger charge is 2.03. The number of esters is 1. The molecule has 0 aliphatic heterocycles. The van der Waals surface area contributed by atoms with Gasteiger partial charge in [-0.05, 0) is 6.42 Å². The second kappa shape index (κ2) is 44.0. The lowest BCUT2D eigenvalue weighted by atomic mass is 10.1. The third kappa shape index (κ3) is 43.0. The zero-order valence-corrected chi connectivity index (χ0v) is 30.0. The monoisotopic (exact) mass is 699 g/mol. The molecule has 0 aromatic heterocycles. The third-order valence-electron chi connectivity index (χ3n) is 6.46. The van der Waals surface area contributed by atoms with E-state index in [0.29, 0.717) is 158 Å². The molecule has 0 amide bonds. The summed E-state index contributed by atoms with van der Waals surface area (Å²) in [5.41, 5.74) is 5.33. The zero-order chi connectivity index (χ0) is 34.7. The van der Waals surface area contributed by atoms with Crippen molar-refractivity contribution in [1.29, 1.82) is 0 Å². The third-order valence-corrected chi connectivity index (χ3v) is 6.46. The van der Waals surface area contributed by atoms with Gasteiger partial charge in [-0.3, -0.25) is 4.79 Å². The standard InChI is InChI=1S/C34H69NO13/c1-2-3-4-5-6-7-8-9-34(36)48-33-32-47-31-30-46-29-28-45-27-26-44-25-24-43-23-22-42-21-20-41-19-18-40-17-16-39-15-14-38-13-12-37-11-10-35/h2-33,35H2,1H3. The van der Waals surface area contributed by atoms with Gasteiger partial charge in [-0.1, -0.05) is 45.4 Å². The lowest BCUT2D eigenvalue weighted by molar-refractivity contribution is -0.145. The molecule has 0 fully saturated rings. The fourth-order valence-electron chi connectivity index (χ4n) is 3.90. The van der Waals surface area contributed by atoms with E-state index in [-0.39, 0.29) is 12.6 Å². The topological polar surface area (TPSA) is 154 Å². The minimum absolute atomic E-state index is 0.141. The summed E-state index contributed by atoms with van der Waals surface area (Å²) in [6, 6.07) is 0. The first-order chi connectivity index (χ1) is 23.8. The highest BCUT2D eigenvalue weighted by Crippen LogP contribution is 2.08. The van der Waals surface area contributed by atoms with Crippen molar-refractivity contribution in [2.24, 2.45) is 5.73 Å². The number of hydrogen-bond donors (Lipinski definition) is 1. The molecule has 14 heteroatoms. The van der Waals surface area contributed by atoms with Crippen LogP contribution < -0.4 is 5.73 Å². The van der Waals surface area contributed by atoms with Gasteiger partial charge < -0.3 is 62.6 Å². The number of carbonyl (C=O) groups is 1. The summed E-state index contributed by atoms with van der Waals surface area (Å²) < 4.78 is 64.9. The number of rotatable bonds is 43. The predicted octanol–water partition coefficient (Wildman–Crippen LogP) is 2.81. The number of unbranched alkanes of at least 4 members (excludes halogenated alkanes) is 6. The molecule has 0 radical (unpaired) electrons. The van der Waals surface area contributed by atoms with E-state index in [1.807, 2.05) is 0 Å². The van der Waals surface area contributed by atoms with Crippen molar-refractivity contribution in [1.82, 2.24) is 0 Å². The first-order valence-corrected chi connectivity index (χ1v) is 18.0. The SMILES string of the molecule is CCCCCCCCCC(=O)OCCOCCOCCOCCOCCOCCOCCOCCOCCOCCOCCOCCN. The Balaban J connectivity index is 3.09. The van der Waals surface area contributed by atoms with Gasteiger partial charge in [0.1, 0.15) is 6.61 Å². The molecule has 14 nitrogen and oxygen atoms in total. The van der Waals surface area contributed by atoms with Crippen LogP contribution in [0.1, 0.15) is 58.3 Å². The highest BCUT2D eigenvalue weighted by molar-refractivity contribution is 5.69. The molecule has 0 aliphatic carbocycles. The van der Waals surface area contributed by atoms with Crippen LogP contribution in [0.5, 0.6) is 0 Å². The molecule has 0 aromatic rings. The van der Waals surface area contributed by atoms with Crippen LogP contribution in [0.2, 0.25) is 0 Å². The molecule has 2 N–H and O–H groups in total. The summed E-state index contributed by atoms with van der Waals surface area (Å²) >= 11 is 0. The Hall–Kier alpha value is -1.01. The van der Waals surface area contributed by atoms with Crippen molar-refractivity contribution >= 4 is 5.97 Å². The lowest BCUT2D eigenvalue weighted by Crippen LogP contribution is -2.16. The Labute approximate surface area is 290 Å². The lowest BCUT2D eigenvalue weighted by Gasteiger charge is -2.09. The number of nitrogens with two attached hydrogens (primary N) is 1. The number of hydrogen-bond acceptors (Lipinski definition) is 14. The molecule has 0 saturated heterocycles. The first kappa shape index (κ1) is 47.0. The molecule has 0 atom stereocenters. The van der Waals surface area contributed by atoms with E-state index in [4.69, 9.17) is 62.6 Å². The molecule has 0 rings (SSSR count). The molecule has 0 bridgehead atoms. The maximum atomic E-state index is 11.7. The van der Waals surface area contributed by atoms with E-state index in [9.17, 15) is 4.79 Å². The molecule has 0 heterocycles. The van der Waals surface area contributed by atoms with Crippen molar-refractivity contribution in [3.05, 3.63) is 0 Å². The summed E-state index contributed by atoms with van der Waals surface area (Å²) in [6.07, 6.45) is 8.79. The van der Waals surface area contributed by atoms with Gasteiger partial charge in [0.2, 0.25) is 0 Å². The van der Waals surface area contributed by atoms with E-state index in [1.54, 1.807) is 0 Å². The Morgan fingerprint density at radius 2 is 0.604 bits per heavy atom. The van der Waals surface area contributed by atoms with Crippen molar-refractivity contribution in [2.75, 3.05) is 159 Å². The summed E-state index contributed by atoms with van der Waals surface area (Å²) in [5, 5.41) is 0. The van der Waals surface area contributed by atoms with Crippen LogP contribution in [0.15, 0.2) is 0 Å². The van der Waals surface area contributed by atoms with Crippen molar-refractivity contribution in [2.45, 2.75) is 58.3 Å². The molecular weight excluding hydrogens is 630 g/mol. The Bertz CT molecular complexity index is 607. The quantitative estimate of drug-likeness (QED) is 0.0733. The van der Waals surface area contributed by atoms with Gasteiger partial charge in [-0.15, -0.1) is 0 Å². The van der Waals surface area contributed by atoms with Gasteiger partial charge in [0, 0.05) is 13.0 Å². The van der Waals surface area contributed by atoms with Crippen LogP contribution in [-0.2, 0) is 61.6 Å². The van der Waals surface area contributed by atoms with Crippen molar-refractivity contribution in [3.63, 3.8) is 0 Å². The normalized spacial score (nSPS) is 11.5. The van der Waals surface area contributed by atoms with Crippen LogP contribution in [0.3, 0.4) is 0 Å². The Morgan fingerprint density at radius 1 is 0.354 bits per heavy atom. The second-order valence-electron chi connectivity index (χ2n) is 10.6. The zero-order valence-electron chi connectivity index (χ0n) is 30.0. The largest absolute Gasteiger partial charge is 0.463 e. The average molecular weight is 700 g/mol. The highest BCUT2D eigenvalue weighted by atomic mass is 16.6. The van der Waals surface area contributed by atoms with Gasteiger partial charge in [-0.25, -0.2) is 0 Å². The van der Waals surface area contributed by atoms with E-state index < -0.39 is 0 Å². The first-order valence-electron chi connectivity index (χ1n) is 18.0. The number of carbonyl (C=O) groups excluding carboxylic acids is 1. The molecule has 48 heavy (non-hydrogen) atoms. The predicted molar refractivity (Wildman–Crippen MR) is 182 cm³/mol. The molecule has 0 saturated carbocycles. The summed E-state index contributed by atoms with van der Waals surface area (Å²) in [7, 11) is 0. The van der Waals surface area contributed by atoms with E-state index in [2.05, 4.69) is 6.92 Å². The summed E-state index contributed by atoms with van der Waals surface area (Å²) in [5.74, 6) is -0.141. The van der Waals surface area contributed by atoms with Gasteiger partial charge >= 0.3 is 5.97 Å². The Morgan fingerprint density at radius 3 is 0.896 bits per heavy atom. The van der Waals surface area contributed by atoms with Gasteiger partial charge in [-0.2, -0.15) is 0 Å². The van der Waals surface area contributed by atoms with E-state index in [0.717, 1.165) is 12.8 Å². The molecule has 0 unspecified atom stereocenters.